The summed E-state index contributed by atoms with van der Waals surface area (Å²) in [5, 5.41) is 10.3. The van der Waals surface area contributed by atoms with Gasteiger partial charge in [0, 0.05) is 29.7 Å². The van der Waals surface area contributed by atoms with Crippen LogP contribution in [0.25, 0.3) is 10.9 Å². The molecule has 104 valence electrons. The summed E-state index contributed by atoms with van der Waals surface area (Å²) in [4.78, 5) is 5.49. The van der Waals surface area contributed by atoms with Crippen LogP contribution in [0.2, 0.25) is 0 Å². The number of fused-ring (bicyclic) bond motifs is 1. The zero-order valence-electron chi connectivity index (χ0n) is 11.7. The zero-order chi connectivity index (χ0) is 13.8. The minimum atomic E-state index is -0.179. The summed E-state index contributed by atoms with van der Waals surface area (Å²) in [6.07, 6.45) is 3.83. The molecule has 1 atom stereocenters. The van der Waals surface area contributed by atoms with Gasteiger partial charge in [-0.3, -0.25) is 0 Å². The number of aliphatic hydroxyl groups is 1. The van der Waals surface area contributed by atoms with Gasteiger partial charge in [0.05, 0.1) is 6.61 Å². The summed E-state index contributed by atoms with van der Waals surface area (Å²) < 4.78 is 0. The largest absolute Gasteiger partial charge is 0.395 e. The topological polar surface area (TPSA) is 65.3 Å². The first-order valence-electron chi connectivity index (χ1n) is 6.70. The average Bonchev–Trinajstić information content (AvgIpc) is 2.78. The van der Waals surface area contributed by atoms with Gasteiger partial charge in [0.15, 0.2) is 0 Å². The van der Waals surface area contributed by atoms with Crippen LogP contribution in [-0.2, 0) is 12.8 Å². The molecule has 0 aliphatic rings. The Bertz CT molecular complexity index is 533. The van der Waals surface area contributed by atoms with E-state index >= 15 is 0 Å². The molecule has 0 saturated heterocycles. The van der Waals surface area contributed by atoms with Crippen LogP contribution < -0.4 is 5.73 Å². The Morgan fingerprint density at radius 2 is 2.16 bits per heavy atom. The summed E-state index contributed by atoms with van der Waals surface area (Å²) in [7, 11) is 4.17. The van der Waals surface area contributed by atoms with E-state index in [-0.39, 0.29) is 12.6 Å². The van der Waals surface area contributed by atoms with Gasteiger partial charge in [-0.25, -0.2) is 0 Å². The van der Waals surface area contributed by atoms with E-state index in [4.69, 9.17) is 10.8 Å². The molecule has 4 heteroatoms. The molecule has 0 aliphatic carbocycles. The Morgan fingerprint density at radius 3 is 2.84 bits per heavy atom. The van der Waals surface area contributed by atoms with E-state index in [0.29, 0.717) is 6.42 Å². The minimum Gasteiger partial charge on any atom is -0.395 e. The number of hydrogen-bond acceptors (Lipinski definition) is 3. The molecule has 19 heavy (non-hydrogen) atoms. The third-order valence-electron chi connectivity index (χ3n) is 3.39. The number of aromatic nitrogens is 1. The fourth-order valence-electron chi connectivity index (χ4n) is 2.27. The molecular formula is C15H23N3O. The van der Waals surface area contributed by atoms with E-state index in [1.54, 1.807) is 0 Å². The standard InChI is InChI=1S/C15H23N3O/c1-18(2)6-5-12-9-17-15-4-3-11(8-14(12)15)7-13(16)10-19/h3-4,8-9,13,17,19H,5-7,10,16H2,1-2H3. The maximum absolute atomic E-state index is 9.03. The molecule has 0 fully saturated rings. The molecule has 0 saturated carbocycles. The maximum atomic E-state index is 9.03. The molecule has 0 bridgehead atoms. The Balaban J connectivity index is 2.21. The quantitative estimate of drug-likeness (QED) is 0.730. The van der Waals surface area contributed by atoms with Crippen molar-refractivity contribution in [2.45, 2.75) is 18.9 Å². The van der Waals surface area contributed by atoms with Crippen LogP contribution in [0.1, 0.15) is 11.1 Å². The van der Waals surface area contributed by atoms with Crippen molar-refractivity contribution >= 4 is 10.9 Å². The van der Waals surface area contributed by atoms with Gasteiger partial charge in [-0.1, -0.05) is 6.07 Å². The van der Waals surface area contributed by atoms with E-state index in [9.17, 15) is 0 Å². The van der Waals surface area contributed by atoms with Crippen molar-refractivity contribution in [3.8, 4) is 0 Å². The first-order chi connectivity index (χ1) is 9.10. The van der Waals surface area contributed by atoms with Crippen molar-refractivity contribution in [2.24, 2.45) is 5.73 Å². The van der Waals surface area contributed by atoms with E-state index in [2.05, 4.69) is 48.4 Å². The van der Waals surface area contributed by atoms with Crippen LogP contribution in [0.5, 0.6) is 0 Å². The van der Waals surface area contributed by atoms with E-state index < -0.39 is 0 Å². The van der Waals surface area contributed by atoms with Crippen molar-refractivity contribution < 1.29 is 5.11 Å². The number of H-pyrrole nitrogens is 1. The van der Waals surface area contributed by atoms with Gasteiger partial charge < -0.3 is 20.7 Å². The molecular weight excluding hydrogens is 238 g/mol. The van der Waals surface area contributed by atoms with E-state index in [1.807, 2.05) is 0 Å². The second kappa shape index (κ2) is 6.19. The first-order valence-corrected chi connectivity index (χ1v) is 6.70. The molecule has 1 aromatic carbocycles. The summed E-state index contributed by atoms with van der Waals surface area (Å²) in [5.74, 6) is 0. The highest BCUT2D eigenvalue weighted by Crippen LogP contribution is 2.21. The van der Waals surface area contributed by atoms with Gasteiger partial charge in [0.2, 0.25) is 0 Å². The lowest BCUT2D eigenvalue weighted by molar-refractivity contribution is 0.265. The smallest absolute Gasteiger partial charge is 0.0585 e. The number of hydrogen-bond donors (Lipinski definition) is 3. The number of aromatic amines is 1. The van der Waals surface area contributed by atoms with Crippen LogP contribution in [0.3, 0.4) is 0 Å². The molecule has 2 rings (SSSR count). The Morgan fingerprint density at radius 1 is 1.37 bits per heavy atom. The SMILES string of the molecule is CN(C)CCc1c[nH]c2ccc(CC(N)CO)cc12. The third kappa shape index (κ3) is 3.56. The molecule has 1 unspecified atom stereocenters. The predicted octanol–water partition coefficient (Wildman–Crippen LogP) is 1.13. The van der Waals surface area contributed by atoms with Crippen molar-refractivity contribution in [2.75, 3.05) is 27.2 Å². The monoisotopic (exact) mass is 261 g/mol. The Kier molecular flexibility index (Phi) is 4.58. The molecule has 0 amide bonds. The molecule has 2 aromatic rings. The lowest BCUT2D eigenvalue weighted by Gasteiger charge is -2.10. The number of nitrogens with one attached hydrogen (secondary N) is 1. The number of nitrogens with zero attached hydrogens (tertiary/aromatic N) is 1. The van der Waals surface area contributed by atoms with E-state index in [1.165, 1.54) is 16.5 Å². The number of aliphatic hydroxyl groups excluding tert-OH is 1. The highest BCUT2D eigenvalue weighted by atomic mass is 16.3. The maximum Gasteiger partial charge on any atom is 0.0585 e. The fraction of sp³-hybridized carbons (Fsp3) is 0.467. The molecule has 0 spiro atoms. The van der Waals surface area contributed by atoms with Crippen molar-refractivity contribution in [3.63, 3.8) is 0 Å². The Hall–Kier alpha value is -1.36. The summed E-state index contributed by atoms with van der Waals surface area (Å²) in [6, 6.07) is 6.17. The normalized spacial score (nSPS) is 13.3. The fourth-order valence-corrected chi connectivity index (χ4v) is 2.27. The van der Waals surface area contributed by atoms with Crippen LogP contribution >= 0.6 is 0 Å². The van der Waals surface area contributed by atoms with Crippen molar-refractivity contribution in [3.05, 3.63) is 35.5 Å². The van der Waals surface area contributed by atoms with Gasteiger partial charge >= 0.3 is 0 Å². The lowest BCUT2D eigenvalue weighted by Crippen LogP contribution is -2.26. The van der Waals surface area contributed by atoms with Crippen LogP contribution in [0.15, 0.2) is 24.4 Å². The zero-order valence-corrected chi connectivity index (χ0v) is 11.7. The van der Waals surface area contributed by atoms with Gasteiger partial charge in [-0.05, 0) is 50.2 Å². The van der Waals surface area contributed by atoms with Gasteiger partial charge in [-0.2, -0.15) is 0 Å². The number of benzene rings is 1. The van der Waals surface area contributed by atoms with Gasteiger partial charge in [0.25, 0.3) is 0 Å². The number of rotatable bonds is 6. The summed E-state index contributed by atoms with van der Waals surface area (Å²) >= 11 is 0. The molecule has 0 radical (unpaired) electrons. The second-order valence-electron chi connectivity index (χ2n) is 5.39. The number of likely N-dealkylation sites (N-methyl/N-ethyl adjacent to an activating group) is 1. The first kappa shape index (κ1) is 14.1. The molecule has 4 N–H and O–H groups in total. The highest BCUT2D eigenvalue weighted by molar-refractivity contribution is 5.83. The lowest BCUT2D eigenvalue weighted by atomic mass is 10.0. The van der Waals surface area contributed by atoms with Crippen LogP contribution in [-0.4, -0.2) is 48.3 Å². The average molecular weight is 261 g/mol. The van der Waals surface area contributed by atoms with Gasteiger partial charge in [-0.15, -0.1) is 0 Å². The molecule has 1 heterocycles. The summed E-state index contributed by atoms with van der Waals surface area (Å²) in [6.45, 7) is 1.06. The van der Waals surface area contributed by atoms with Crippen molar-refractivity contribution in [1.29, 1.82) is 0 Å². The van der Waals surface area contributed by atoms with Crippen molar-refractivity contribution in [1.82, 2.24) is 9.88 Å². The predicted molar refractivity (Wildman–Crippen MR) is 79.3 cm³/mol. The van der Waals surface area contributed by atoms with Crippen LogP contribution in [0.4, 0.5) is 0 Å². The minimum absolute atomic E-state index is 0.0264. The third-order valence-corrected chi connectivity index (χ3v) is 3.39. The summed E-state index contributed by atoms with van der Waals surface area (Å²) in [5.41, 5.74) is 9.47. The molecule has 1 aromatic heterocycles. The second-order valence-corrected chi connectivity index (χ2v) is 5.39. The molecule has 4 nitrogen and oxygen atoms in total. The van der Waals surface area contributed by atoms with Gasteiger partial charge in [0.1, 0.15) is 0 Å². The van der Waals surface area contributed by atoms with E-state index in [0.717, 1.165) is 18.5 Å². The Labute approximate surface area is 114 Å². The number of nitrogens with two attached hydrogens (primary N) is 1. The highest BCUT2D eigenvalue weighted by Gasteiger charge is 2.07. The molecule has 0 aliphatic heterocycles. The van der Waals surface area contributed by atoms with Crippen LogP contribution in [0, 0.1) is 0 Å².